The number of para-hydroxylation sites is 1. The second-order valence-electron chi connectivity index (χ2n) is 5.57. The molecule has 25 heavy (non-hydrogen) atoms. The number of nitrogens with one attached hydrogen (secondary N) is 1. The fraction of sp³-hybridized carbons (Fsp3) is 0. The number of fused-ring (bicyclic) bond motifs is 2. The zero-order valence-electron chi connectivity index (χ0n) is 13.0. The molecule has 0 aliphatic heterocycles. The molecule has 0 saturated carbocycles. The Hall–Kier alpha value is -3.47. The Morgan fingerprint density at radius 1 is 0.880 bits per heavy atom. The predicted octanol–water partition coefficient (Wildman–Crippen LogP) is 4.34. The Labute approximate surface area is 141 Å². The van der Waals surface area contributed by atoms with Gasteiger partial charge in [-0.15, -0.1) is 0 Å². The zero-order chi connectivity index (χ0) is 17.4. The fourth-order valence-electron chi connectivity index (χ4n) is 2.72. The topological polar surface area (TPSA) is 59.3 Å². The summed E-state index contributed by atoms with van der Waals surface area (Å²) in [6.07, 6.45) is 0. The molecule has 122 valence electrons. The second kappa shape index (κ2) is 5.87. The van der Waals surface area contributed by atoms with Crippen molar-refractivity contribution in [1.29, 1.82) is 0 Å². The van der Waals surface area contributed by atoms with Crippen molar-refractivity contribution in [3.8, 4) is 0 Å². The van der Waals surface area contributed by atoms with Gasteiger partial charge in [0, 0.05) is 11.8 Å². The number of amides is 1. The van der Waals surface area contributed by atoms with E-state index in [0.29, 0.717) is 27.6 Å². The van der Waals surface area contributed by atoms with Crippen molar-refractivity contribution in [1.82, 2.24) is 0 Å². The number of halogens is 1. The van der Waals surface area contributed by atoms with Crippen LogP contribution in [-0.2, 0) is 0 Å². The SMILES string of the molecule is O=C(Nc1ccc2c(=O)c3ccccc3oc2c1)c1ccccc1F. The average molecular weight is 333 g/mol. The summed E-state index contributed by atoms with van der Waals surface area (Å²) < 4.78 is 19.5. The molecule has 3 aromatic carbocycles. The predicted molar refractivity (Wildman–Crippen MR) is 94.3 cm³/mol. The van der Waals surface area contributed by atoms with Gasteiger partial charge in [0.2, 0.25) is 5.43 Å². The molecular weight excluding hydrogens is 321 g/mol. The lowest BCUT2D eigenvalue weighted by Gasteiger charge is -2.07. The quantitative estimate of drug-likeness (QED) is 0.555. The molecule has 5 heteroatoms. The van der Waals surface area contributed by atoms with Gasteiger partial charge in [0.05, 0.1) is 16.3 Å². The maximum absolute atomic E-state index is 13.7. The first-order valence-electron chi connectivity index (χ1n) is 7.65. The first kappa shape index (κ1) is 15.1. The van der Waals surface area contributed by atoms with Crippen molar-refractivity contribution in [3.05, 3.63) is 88.3 Å². The largest absolute Gasteiger partial charge is 0.456 e. The van der Waals surface area contributed by atoms with Gasteiger partial charge < -0.3 is 9.73 Å². The normalized spacial score (nSPS) is 10.9. The molecule has 0 spiro atoms. The van der Waals surface area contributed by atoms with Crippen LogP contribution in [0.1, 0.15) is 10.4 Å². The highest BCUT2D eigenvalue weighted by molar-refractivity contribution is 6.05. The first-order chi connectivity index (χ1) is 12.1. The van der Waals surface area contributed by atoms with E-state index in [2.05, 4.69) is 5.32 Å². The molecule has 4 rings (SSSR count). The van der Waals surface area contributed by atoms with E-state index in [4.69, 9.17) is 4.42 Å². The first-order valence-corrected chi connectivity index (χ1v) is 7.65. The number of hydrogen-bond donors (Lipinski definition) is 1. The summed E-state index contributed by atoms with van der Waals surface area (Å²) in [6.45, 7) is 0. The minimum atomic E-state index is -0.599. The maximum Gasteiger partial charge on any atom is 0.258 e. The van der Waals surface area contributed by atoms with Gasteiger partial charge in [0.25, 0.3) is 5.91 Å². The smallest absolute Gasteiger partial charge is 0.258 e. The summed E-state index contributed by atoms with van der Waals surface area (Å²) in [5.74, 6) is -1.17. The molecule has 0 atom stereocenters. The van der Waals surface area contributed by atoms with Crippen molar-refractivity contribution in [2.75, 3.05) is 5.32 Å². The summed E-state index contributed by atoms with van der Waals surface area (Å²) in [4.78, 5) is 24.7. The minimum absolute atomic E-state index is 0.0532. The molecule has 0 radical (unpaired) electrons. The number of rotatable bonds is 2. The highest BCUT2D eigenvalue weighted by Crippen LogP contribution is 2.22. The van der Waals surface area contributed by atoms with Gasteiger partial charge in [0.1, 0.15) is 17.0 Å². The summed E-state index contributed by atoms with van der Waals surface area (Å²) >= 11 is 0. The van der Waals surface area contributed by atoms with Gasteiger partial charge in [-0.05, 0) is 36.4 Å². The molecule has 1 aromatic heterocycles. The number of anilines is 1. The molecule has 0 saturated heterocycles. The van der Waals surface area contributed by atoms with Crippen LogP contribution in [0, 0.1) is 5.82 Å². The minimum Gasteiger partial charge on any atom is -0.456 e. The second-order valence-corrected chi connectivity index (χ2v) is 5.57. The van der Waals surface area contributed by atoms with Crippen molar-refractivity contribution in [3.63, 3.8) is 0 Å². The maximum atomic E-state index is 13.7. The summed E-state index contributed by atoms with van der Waals surface area (Å²) in [5.41, 5.74) is 1.05. The third-order valence-corrected chi connectivity index (χ3v) is 3.95. The van der Waals surface area contributed by atoms with Crippen LogP contribution in [0.15, 0.2) is 75.9 Å². The summed E-state index contributed by atoms with van der Waals surface area (Å²) in [7, 11) is 0. The highest BCUT2D eigenvalue weighted by Gasteiger charge is 2.12. The van der Waals surface area contributed by atoms with E-state index >= 15 is 0 Å². The van der Waals surface area contributed by atoms with Gasteiger partial charge >= 0.3 is 0 Å². The Kier molecular flexibility index (Phi) is 3.54. The molecule has 0 unspecified atom stereocenters. The summed E-state index contributed by atoms with van der Waals surface area (Å²) in [5, 5.41) is 3.54. The Morgan fingerprint density at radius 2 is 1.60 bits per heavy atom. The van der Waals surface area contributed by atoms with Gasteiger partial charge in [0.15, 0.2) is 0 Å². The van der Waals surface area contributed by atoms with Crippen LogP contribution in [0.2, 0.25) is 0 Å². The highest BCUT2D eigenvalue weighted by atomic mass is 19.1. The van der Waals surface area contributed by atoms with Crippen LogP contribution in [-0.4, -0.2) is 5.91 Å². The van der Waals surface area contributed by atoms with Crippen LogP contribution in [0.5, 0.6) is 0 Å². The number of benzene rings is 3. The fourth-order valence-corrected chi connectivity index (χ4v) is 2.72. The third-order valence-electron chi connectivity index (χ3n) is 3.95. The van der Waals surface area contributed by atoms with Gasteiger partial charge in [-0.3, -0.25) is 9.59 Å². The number of carbonyl (C=O) groups is 1. The van der Waals surface area contributed by atoms with E-state index in [1.54, 1.807) is 48.5 Å². The molecule has 4 nitrogen and oxygen atoms in total. The third kappa shape index (κ3) is 2.65. The van der Waals surface area contributed by atoms with E-state index in [1.165, 1.54) is 18.2 Å². The van der Waals surface area contributed by atoms with Crippen molar-refractivity contribution >= 4 is 33.5 Å². The lowest BCUT2D eigenvalue weighted by atomic mass is 10.1. The van der Waals surface area contributed by atoms with E-state index in [9.17, 15) is 14.0 Å². The lowest BCUT2D eigenvalue weighted by Crippen LogP contribution is -2.13. The van der Waals surface area contributed by atoms with E-state index < -0.39 is 11.7 Å². The molecule has 0 fully saturated rings. The van der Waals surface area contributed by atoms with E-state index in [-0.39, 0.29) is 11.0 Å². The molecule has 1 heterocycles. The van der Waals surface area contributed by atoms with Crippen molar-refractivity contribution < 1.29 is 13.6 Å². The Morgan fingerprint density at radius 3 is 2.44 bits per heavy atom. The van der Waals surface area contributed by atoms with E-state index in [1.807, 2.05) is 0 Å². The van der Waals surface area contributed by atoms with Gasteiger partial charge in [-0.25, -0.2) is 4.39 Å². The van der Waals surface area contributed by atoms with Crippen LogP contribution in [0.25, 0.3) is 21.9 Å². The Bertz CT molecular complexity index is 1180. The van der Waals surface area contributed by atoms with Crippen molar-refractivity contribution in [2.24, 2.45) is 0 Å². The average Bonchev–Trinajstić information content (AvgIpc) is 2.62. The van der Waals surface area contributed by atoms with Gasteiger partial charge in [-0.1, -0.05) is 24.3 Å². The molecular formula is C20H12FNO3. The van der Waals surface area contributed by atoms with Crippen LogP contribution < -0.4 is 10.7 Å². The molecule has 1 N–H and O–H groups in total. The zero-order valence-corrected chi connectivity index (χ0v) is 13.0. The number of hydrogen-bond acceptors (Lipinski definition) is 3. The summed E-state index contributed by atoms with van der Waals surface area (Å²) in [6, 6.07) is 17.4. The lowest BCUT2D eigenvalue weighted by molar-refractivity contribution is 0.102. The molecule has 1 amide bonds. The molecule has 0 bridgehead atoms. The number of carbonyl (C=O) groups excluding carboxylic acids is 1. The monoisotopic (exact) mass is 333 g/mol. The van der Waals surface area contributed by atoms with Crippen LogP contribution in [0.3, 0.4) is 0 Å². The van der Waals surface area contributed by atoms with E-state index in [0.717, 1.165) is 0 Å². The standard InChI is InChI=1S/C20H12FNO3/c21-16-7-3-1-5-13(16)20(24)22-12-9-10-15-18(11-12)25-17-8-4-2-6-14(17)19(15)23/h1-11H,(H,22,24). The Balaban J connectivity index is 1.77. The van der Waals surface area contributed by atoms with Crippen LogP contribution >= 0.6 is 0 Å². The van der Waals surface area contributed by atoms with Crippen LogP contribution in [0.4, 0.5) is 10.1 Å². The van der Waals surface area contributed by atoms with Crippen molar-refractivity contribution in [2.45, 2.75) is 0 Å². The van der Waals surface area contributed by atoms with Gasteiger partial charge in [-0.2, -0.15) is 0 Å². The molecule has 0 aliphatic carbocycles. The molecule has 0 aliphatic rings. The molecule has 4 aromatic rings.